The van der Waals surface area contributed by atoms with Crippen LogP contribution in [0.2, 0.25) is 0 Å². The molecule has 2 nitrogen and oxygen atoms in total. The molecule has 0 radical (unpaired) electrons. The maximum Gasteiger partial charge on any atom is 0.293 e. The van der Waals surface area contributed by atoms with Crippen LogP contribution in [0.5, 0.6) is 0 Å². The summed E-state index contributed by atoms with van der Waals surface area (Å²) in [5, 5.41) is 0. The Bertz CT molecular complexity index is 611. The minimum Gasteiger partial charge on any atom is -0.461 e. The summed E-state index contributed by atoms with van der Waals surface area (Å²) in [6, 6.07) is 0. The number of hydrogen-bond donors (Lipinski definition) is 0. The van der Waals surface area contributed by atoms with Crippen LogP contribution >= 0.6 is 0 Å². The lowest BCUT2D eigenvalue weighted by molar-refractivity contribution is -0.152. The van der Waals surface area contributed by atoms with E-state index in [0.717, 1.165) is 49.4 Å². The second kappa shape index (κ2) is 11.7. The van der Waals surface area contributed by atoms with E-state index >= 15 is 0 Å². The SMILES string of the molecule is CC[C@H]1CC[C@H](C2(CC(C)C3([C@H]4CC[C@@](CC)(OC=O)CC4)CCCCC3)CCCCC2)CC1. The number of carbonyl (C=O) groups excluding carboxylic acids is 1. The van der Waals surface area contributed by atoms with Gasteiger partial charge in [0.15, 0.2) is 0 Å². The molecule has 34 heavy (non-hydrogen) atoms. The first-order valence-corrected chi connectivity index (χ1v) is 15.6. The maximum atomic E-state index is 11.2. The van der Waals surface area contributed by atoms with Gasteiger partial charge in [-0.2, -0.15) is 0 Å². The van der Waals surface area contributed by atoms with Crippen LogP contribution in [0.15, 0.2) is 0 Å². The summed E-state index contributed by atoms with van der Waals surface area (Å²) in [6.45, 7) is 8.04. The van der Waals surface area contributed by atoms with E-state index in [-0.39, 0.29) is 5.60 Å². The summed E-state index contributed by atoms with van der Waals surface area (Å²) in [6.07, 6.45) is 29.4. The zero-order valence-corrected chi connectivity index (χ0v) is 23.1. The average molecular weight is 473 g/mol. The monoisotopic (exact) mass is 472 g/mol. The number of rotatable bonds is 9. The fourth-order valence-electron chi connectivity index (χ4n) is 9.92. The molecule has 0 heterocycles. The van der Waals surface area contributed by atoms with E-state index in [1.54, 1.807) is 0 Å². The molecule has 1 unspecified atom stereocenters. The predicted octanol–water partition coefficient (Wildman–Crippen LogP) is 9.64. The molecule has 2 heteroatoms. The second-order valence-electron chi connectivity index (χ2n) is 13.5. The van der Waals surface area contributed by atoms with Crippen LogP contribution in [-0.2, 0) is 9.53 Å². The van der Waals surface area contributed by atoms with Crippen molar-refractivity contribution in [2.75, 3.05) is 0 Å². The lowest BCUT2D eigenvalue weighted by Crippen LogP contribution is -2.47. The zero-order valence-electron chi connectivity index (χ0n) is 23.1. The molecular formula is C32H56O2. The van der Waals surface area contributed by atoms with Gasteiger partial charge < -0.3 is 4.74 Å². The predicted molar refractivity (Wildman–Crippen MR) is 143 cm³/mol. The Hall–Kier alpha value is -0.530. The normalized spacial score (nSPS) is 37.0. The fraction of sp³-hybridized carbons (Fsp3) is 0.969. The lowest BCUT2D eigenvalue weighted by Gasteiger charge is -2.55. The first-order chi connectivity index (χ1) is 16.5. The van der Waals surface area contributed by atoms with Crippen LogP contribution < -0.4 is 0 Å². The molecule has 4 saturated carbocycles. The van der Waals surface area contributed by atoms with Crippen LogP contribution in [0.1, 0.15) is 156 Å². The third kappa shape index (κ3) is 5.41. The Labute approximate surface area is 211 Å². The van der Waals surface area contributed by atoms with Gasteiger partial charge >= 0.3 is 0 Å². The molecule has 0 saturated heterocycles. The number of hydrogen-bond acceptors (Lipinski definition) is 2. The highest BCUT2D eigenvalue weighted by atomic mass is 16.5. The van der Waals surface area contributed by atoms with Crippen LogP contribution in [0, 0.1) is 34.5 Å². The first kappa shape index (κ1) is 26.5. The van der Waals surface area contributed by atoms with E-state index in [1.165, 1.54) is 116 Å². The lowest BCUT2D eigenvalue weighted by atomic mass is 9.50. The van der Waals surface area contributed by atoms with E-state index in [1.807, 2.05) is 0 Å². The molecule has 196 valence electrons. The van der Waals surface area contributed by atoms with Gasteiger partial charge in [0.1, 0.15) is 5.60 Å². The van der Waals surface area contributed by atoms with Gasteiger partial charge in [-0.3, -0.25) is 4.79 Å². The quantitative estimate of drug-likeness (QED) is 0.312. The van der Waals surface area contributed by atoms with Gasteiger partial charge in [-0.1, -0.05) is 78.6 Å². The highest BCUT2D eigenvalue weighted by molar-refractivity contribution is 5.38. The summed E-state index contributed by atoms with van der Waals surface area (Å²) in [5.74, 6) is 3.70. The minimum atomic E-state index is -0.167. The number of carbonyl (C=O) groups is 1. The maximum absolute atomic E-state index is 11.2. The Morgan fingerprint density at radius 3 is 1.88 bits per heavy atom. The van der Waals surface area contributed by atoms with Gasteiger partial charge in [0.25, 0.3) is 6.47 Å². The zero-order chi connectivity index (χ0) is 24.1. The van der Waals surface area contributed by atoms with E-state index in [4.69, 9.17) is 4.74 Å². The van der Waals surface area contributed by atoms with Gasteiger partial charge in [0, 0.05) is 0 Å². The van der Waals surface area contributed by atoms with Gasteiger partial charge in [-0.15, -0.1) is 0 Å². The molecule has 0 N–H and O–H groups in total. The van der Waals surface area contributed by atoms with E-state index < -0.39 is 0 Å². The van der Waals surface area contributed by atoms with E-state index in [2.05, 4.69) is 20.8 Å². The molecule has 4 aliphatic carbocycles. The first-order valence-electron chi connectivity index (χ1n) is 15.6. The van der Waals surface area contributed by atoms with Crippen LogP contribution in [-0.4, -0.2) is 12.1 Å². The summed E-state index contributed by atoms with van der Waals surface area (Å²) in [5.41, 5.74) is 1.02. The summed E-state index contributed by atoms with van der Waals surface area (Å²) < 4.78 is 5.70. The molecule has 4 fully saturated rings. The molecule has 1 atom stereocenters. The summed E-state index contributed by atoms with van der Waals surface area (Å²) in [7, 11) is 0. The van der Waals surface area contributed by atoms with Crippen molar-refractivity contribution in [3.8, 4) is 0 Å². The highest BCUT2D eigenvalue weighted by Gasteiger charge is 2.51. The molecule has 0 aromatic heterocycles. The van der Waals surface area contributed by atoms with Crippen molar-refractivity contribution < 1.29 is 9.53 Å². The van der Waals surface area contributed by atoms with Crippen molar-refractivity contribution in [1.29, 1.82) is 0 Å². The van der Waals surface area contributed by atoms with Gasteiger partial charge in [-0.25, -0.2) is 0 Å². The Kier molecular flexibility index (Phi) is 9.11. The fourth-order valence-corrected chi connectivity index (χ4v) is 9.92. The van der Waals surface area contributed by atoms with Crippen molar-refractivity contribution in [2.45, 2.75) is 161 Å². The molecular weight excluding hydrogens is 416 g/mol. The van der Waals surface area contributed by atoms with Gasteiger partial charge in [0.2, 0.25) is 0 Å². The topological polar surface area (TPSA) is 26.3 Å². The summed E-state index contributed by atoms with van der Waals surface area (Å²) >= 11 is 0. The third-order valence-electron chi connectivity index (χ3n) is 12.3. The van der Waals surface area contributed by atoms with E-state index in [0.29, 0.717) is 10.8 Å². The van der Waals surface area contributed by atoms with E-state index in [9.17, 15) is 4.79 Å². The van der Waals surface area contributed by atoms with Crippen LogP contribution in [0.3, 0.4) is 0 Å². The third-order valence-corrected chi connectivity index (χ3v) is 12.3. The van der Waals surface area contributed by atoms with Crippen molar-refractivity contribution in [2.24, 2.45) is 34.5 Å². The van der Waals surface area contributed by atoms with Crippen molar-refractivity contribution >= 4 is 6.47 Å². The Morgan fingerprint density at radius 2 is 1.35 bits per heavy atom. The summed E-state index contributed by atoms with van der Waals surface area (Å²) in [4.78, 5) is 11.2. The van der Waals surface area contributed by atoms with Crippen LogP contribution in [0.25, 0.3) is 0 Å². The molecule has 4 rings (SSSR count). The molecule has 0 aliphatic heterocycles. The largest absolute Gasteiger partial charge is 0.461 e. The second-order valence-corrected chi connectivity index (χ2v) is 13.5. The van der Waals surface area contributed by atoms with Gasteiger partial charge in [0.05, 0.1) is 0 Å². The Balaban J connectivity index is 1.51. The molecule has 4 aliphatic rings. The molecule has 0 bridgehead atoms. The highest BCUT2D eigenvalue weighted by Crippen LogP contribution is 2.60. The molecule has 0 amide bonds. The smallest absolute Gasteiger partial charge is 0.293 e. The number of ether oxygens (including phenoxy) is 1. The Morgan fingerprint density at radius 1 is 0.765 bits per heavy atom. The standard InChI is InChI=1S/C32H56O2/c1-4-27-12-14-28(15-13-27)30(18-8-6-9-19-30)24-26(3)32(20-10-7-11-21-32)29-16-22-31(5-2,23-17-29)34-25-33/h25-29H,4-24H2,1-3H3/t26?,27-,28-,29-,31+. The molecule has 0 aromatic rings. The molecule has 0 spiro atoms. The minimum absolute atomic E-state index is 0.167. The van der Waals surface area contributed by atoms with Gasteiger partial charge in [-0.05, 0) is 112 Å². The molecule has 0 aromatic carbocycles. The van der Waals surface area contributed by atoms with Crippen molar-refractivity contribution in [3.05, 3.63) is 0 Å². The average Bonchev–Trinajstić information content (AvgIpc) is 2.90. The van der Waals surface area contributed by atoms with Crippen LogP contribution in [0.4, 0.5) is 0 Å². The van der Waals surface area contributed by atoms with Crippen molar-refractivity contribution in [1.82, 2.24) is 0 Å². The van der Waals surface area contributed by atoms with Crippen molar-refractivity contribution in [3.63, 3.8) is 0 Å².